The zero-order valence-electron chi connectivity index (χ0n) is 15.5. The van der Waals surface area contributed by atoms with Gasteiger partial charge in [0.2, 0.25) is 0 Å². The van der Waals surface area contributed by atoms with Crippen molar-refractivity contribution in [1.82, 2.24) is 9.55 Å². The molecular formula is C22H20N4O. The Morgan fingerprint density at radius 1 is 1.15 bits per heavy atom. The maximum Gasteiger partial charge on any atom is 0.266 e. The first-order chi connectivity index (χ1) is 13.0. The van der Waals surface area contributed by atoms with Crippen LogP contribution in [-0.4, -0.2) is 15.5 Å². The summed E-state index contributed by atoms with van der Waals surface area (Å²) in [6.45, 7) is 5.83. The highest BCUT2D eigenvalue weighted by Crippen LogP contribution is 2.22. The monoisotopic (exact) mass is 356 g/mol. The fraction of sp³-hybridized carbons (Fsp3) is 0.136. The van der Waals surface area contributed by atoms with Gasteiger partial charge < -0.3 is 9.88 Å². The average Bonchev–Trinajstić information content (AvgIpc) is 2.95. The fourth-order valence-electron chi connectivity index (χ4n) is 2.98. The van der Waals surface area contributed by atoms with Crippen LogP contribution in [0.1, 0.15) is 22.5 Å². The molecule has 0 fully saturated rings. The largest absolute Gasteiger partial charge is 0.321 e. The molecule has 0 aliphatic rings. The maximum atomic E-state index is 12.6. The van der Waals surface area contributed by atoms with Gasteiger partial charge in [-0.2, -0.15) is 5.26 Å². The van der Waals surface area contributed by atoms with Gasteiger partial charge in [0.25, 0.3) is 5.91 Å². The number of benzene rings is 1. The summed E-state index contributed by atoms with van der Waals surface area (Å²) in [4.78, 5) is 16.9. The number of carbonyl (C=O) groups is 1. The molecule has 3 aromatic rings. The number of anilines is 1. The maximum absolute atomic E-state index is 12.6. The van der Waals surface area contributed by atoms with Crippen LogP contribution in [0.5, 0.6) is 0 Å². The second kappa shape index (κ2) is 7.71. The number of carbonyl (C=O) groups excluding carboxylic acids is 1. The number of aromatic nitrogens is 2. The number of hydrogen-bond acceptors (Lipinski definition) is 3. The summed E-state index contributed by atoms with van der Waals surface area (Å²) in [6, 6.07) is 17.1. The van der Waals surface area contributed by atoms with Crippen LogP contribution in [0.3, 0.4) is 0 Å². The Labute approximate surface area is 158 Å². The van der Waals surface area contributed by atoms with Crippen molar-refractivity contribution in [3.63, 3.8) is 0 Å². The first-order valence-corrected chi connectivity index (χ1v) is 8.60. The van der Waals surface area contributed by atoms with Crippen molar-refractivity contribution in [2.75, 3.05) is 5.32 Å². The highest BCUT2D eigenvalue weighted by molar-refractivity contribution is 6.10. The van der Waals surface area contributed by atoms with E-state index < -0.39 is 5.91 Å². The highest BCUT2D eigenvalue weighted by Gasteiger charge is 2.14. The molecule has 5 heteroatoms. The molecule has 0 unspecified atom stereocenters. The molecule has 2 aromatic heterocycles. The van der Waals surface area contributed by atoms with E-state index in [9.17, 15) is 10.1 Å². The number of para-hydroxylation sites is 1. The number of aryl methyl sites for hydroxylation is 2. The first kappa shape index (κ1) is 18.2. The Morgan fingerprint density at radius 2 is 1.89 bits per heavy atom. The van der Waals surface area contributed by atoms with Crippen LogP contribution in [0.4, 0.5) is 5.69 Å². The molecule has 5 nitrogen and oxygen atoms in total. The lowest BCUT2D eigenvalue weighted by atomic mass is 10.1. The molecule has 134 valence electrons. The first-order valence-electron chi connectivity index (χ1n) is 8.60. The van der Waals surface area contributed by atoms with E-state index in [0.29, 0.717) is 5.69 Å². The third-order valence-corrected chi connectivity index (χ3v) is 4.41. The second-order valence-electron chi connectivity index (χ2n) is 6.29. The van der Waals surface area contributed by atoms with E-state index >= 15 is 0 Å². The topological polar surface area (TPSA) is 70.7 Å². The molecule has 0 saturated carbocycles. The summed E-state index contributed by atoms with van der Waals surface area (Å²) in [5, 5.41) is 12.3. The Kier molecular flexibility index (Phi) is 5.18. The highest BCUT2D eigenvalue weighted by atomic mass is 16.1. The van der Waals surface area contributed by atoms with Crippen LogP contribution in [-0.2, 0) is 4.79 Å². The Balaban J connectivity index is 1.94. The van der Waals surface area contributed by atoms with Crippen LogP contribution in [0.25, 0.3) is 11.9 Å². The van der Waals surface area contributed by atoms with Gasteiger partial charge in [-0.15, -0.1) is 0 Å². The zero-order valence-corrected chi connectivity index (χ0v) is 15.5. The number of hydrogen-bond donors (Lipinski definition) is 1. The van der Waals surface area contributed by atoms with Crippen LogP contribution >= 0.6 is 0 Å². The molecule has 0 spiro atoms. The van der Waals surface area contributed by atoms with E-state index in [4.69, 9.17) is 0 Å². The summed E-state index contributed by atoms with van der Waals surface area (Å²) in [5.41, 5.74) is 4.41. The van der Waals surface area contributed by atoms with E-state index in [2.05, 4.69) is 10.3 Å². The Morgan fingerprint density at radius 3 is 2.56 bits per heavy atom. The molecule has 2 heterocycles. The molecule has 1 N–H and O–H groups in total. The summed E-state index contributed by atoms with van der Waals surface area (Å²) in [7, 11) is 0. The summed E-state index contributed by atoms with van der Waals surface area (Å²) < 4.78 is 2.00. The van der Waals surface area contributed by atoms with Crippen molar-refractivity contribution in [1.29, 1.82) is 5.26 Å². The Hall–Kier alpha value is -3.65. The van der Waals surface area contributed by atoms with Gasteiger partial charge in [-0.3, -0.25) is 4.79 Å². The number of nitrogens with one attached hydrogen (secondary N) is 1. The van der Waals surface area contributed by atoms with E-state index in [1.165, 1.54) is 0 Å². The number of amides is 1. The molecule has 3 rings (SSSR count). The minimum absolute atomic E-state index is 0.0551. The standard InChI is InChI=1S/C22H20N4O/c1-15-8-4-5-9-20(15)25-22(27)19(14-23)13-18-12-16(2)26(17(18)3)21-10-6-7-11-24-21/h4-13H,1-3H3,(H,25,27)/b19-13-. The van der Waals surface area contributed by atoms with Gasteiger partial charge in [-0.25, -0.2) is 4.98 Å². The number of nitriles is 1. The zero-order chi connectivity index (χ0) is 19.4. The third-order valence-electron chi connectivity index (χ3n) is 4.41. The lowest BCUT2D eigenvalue weighted by molar-refractivity contribution is -0.112. The van der Waals surface area contributed by atoms with Crippen LogP contribution in [0.15, 0.2) is 60.3 Å². The van der Waals surface area contributed by atoms with Gasteiger partial charge in [-0.1, -0.05) is 24.3 Å². The number of nitrogens with zero attached hydrogens (tertiary/aromatic N) is 3. The molecule has 1 amide bonds. The van der Waals surface area contributed by atoms with Crippen molar-refractivity contribution in [2.24, 2.45) is 0 Å². The molecular weight excluding hydrogens is 336 g/mol. The molecule has 0 aliphatic heterocycles. The van der Waals surface area contributed by atoms with Gasteiger partial charge >= 0.3 is 0 Å². The molecule has 0 bridgehead atoms. The molecule has 27 heavy (non-hydrogen) atoms. The van der Waals surface area contributed by atoms with Crippen LogP contribution in [0.2, 0.25) is 0 Å². The third kappa shape index (κ3) is 3.80. The summed E-state index contributed by atoms with van der Waals surface area (Å²) in [5.74, 6) is 0.379. The van der Waals surface area contributed by atoms with Crippen molar-refractivity contribution >= 4 is 17.7 Å². The minimum atomic E-state index is -0.422. The van der Waals surface area contributed by atoms with Gasteiger partial charge in [0.05, 0.1) is 0 Å². The second-order valence-corrected chi connectivity index (χ2v) is 6.29. The van der Waals surface area contributed by atoms with Gasteiger partial charge in [0.15, 0.2) is 0 Å². The quantitative estimate of drug-likeness (QED) is 0.558. The van der Waals surface area contributed by atoms with E-state index in [1.807, 2.05) is 79.9 Å². The predicted molar refractivity (Wildman–Crippen MR) is 106 cm³/mol. The van der Waals surface area contributed by atoms with Crippen molar-refractivity contribution in [3.8, 4) is 11.9 Å². The van der Waals surface area contributed by atoms with Gasteiger partial charge in [-0.05, 0) is 62.2 Å². The van der Waals surface area contributed by atoms with Crippen molar-refractivity contribution in [2.45, 2.75) is 20.8 Å². The van der Waals surface area contributed by atoms with E-state index in [0.717, 1.165) is 28.3 Å². The van der Waals surface area contributed by atoms with Crippen molar-refractivity contribution in [3.05, 3.63) is 82.8 Å². The molecule has 0 atom stereocenters. The van der Waals surface area contributed by atoms with Gasteiger partial charge in [0.1, 0.15) is 17.5 Å². The van der Waals surface area contributed by atoms with E-state index in [-0.39, 0.29) is 5.57 Å². The van der Waals surface area contributed by atoms with Crippen LogP contribution in [0, 0.1) is 32.1 Å². The molecule has 0 aliphatic carbocycles. The Bertz CT molecular complexity index is 1060. The minimum Gasteiger partial charge on any atom is -0.321 e. The van der Waals surface area contributed by atoms with Crippen molar-refractivity contribution < 1.29 is 4.79 Å². The lowest BCUT2D eigenvalue weighted by Crippen LogP contribution is -2.14. The fourth-order valence-corrected chi connectivity index (χ4v) is 2.98. The predicted octanol–water partition coefficient (Wildman–Crippen LogP) is 4.34. The summed E-state index contributed by atoms with van der Waals surface area (Å²) >= 11 is 0. The molecule has 0 saturated heterocycles. The van der Waals surface area contributed by atoms with Gasteiger partial charge in [0, 0.05) is 23.3 Å². The summed E-state index contributed by atoms with van der Waals surface area (Å²) in [6.07, 6.45) is 3.36. The average molecular weight is 356 g/mol. The van der Waals surface area contributed by atoms with Crippen LogP contribution < -0.4 is 5.32 Å². The van der Waals surface area contributed by atoms with E-state index in [1.54, 1.807) is 12.3 Å². The number of pyridine rings is 1. The molecule has 0 radical (unpaired) electrons. The smallest absolute Gasteiger partial charge is 0.266 e. The lowest BCUT2D eigenvalue weighted by Gasteiger charge is -2.08. The number of rotatable bonds is 4. The SMILES string of the molecule is Cc1ccccc1NC(=O)/C(C#N)=C\c1cc(C)n(-c2ccccn2)c1C. The normalized spacial score (nSPS) is 11.1. The molecule has 1 aromatic carbocycles.